The number of fused-ring (bicyclic) bond motifs is 2. The van der Waals surface area contributed by atoms with Gasteiger partial charge in [0.2, 0.25) is 0 Å². The van der Waals surface area contributed by atoms with Gasteiger partial charge in [-0.3, -0.25) is 14.4 Å². The smallest absolute Gasteiger partial charge is 0.306 e. The number of nitrogens with one attached hydrogen (secondary N) is 1. The van der Waals surface area contributed by atoms with Crippen molar-refractivity contribution in [2.24, 2.45) is 23.5 Å². The third-order valence-corrected chi connectivity index (χ3v) is 5.14. The van der Waals surface area contributed by atoms with Gasteiger partial charge in [-0.05, 0) is 49.1 Å². The van der Waals surface area contributed by atoms with Crippen molar-refractivity contribution in [1.82, 2.24) is 0 Å². The summed E-state index contributed by atoms with van der Waals surface area (Å²) in [5.74, 6) is 0.408. The molecule has 2 bridgehead atoms. The summed E-state index contributed by atoms with van der Waals surface area (Å²) in [6.07, 6.45) is 5.25. The lowest BCUT2D eigenvalue weighted by Gasteiger charge is -2.20. The molecule has 0 spiro atoms. The van der Waals surface area contributed by atoms with Gasteiger partial charge in [0.25, 0.3) is 11.8 Å². The van der Waals surface area contributed by atoms with Crippen molar-refractivity contribution in [2.45, 2.75) is 32.1 Å². The third kappa shape index (κ3) is 3.75. The van der Waals surface area contributed by atoms with E-state index in [0.717, 1.165) is 12.3 Å². The van der Waals surface area contributed by atoms with Crippen molar-refractivity contribution >= 4 is 23.5 Å². The molecule has 2 amide bonds. The first kappa shape index (κ1) is 16.5. The minimum absolute atomic E-state index is 0.221. The number of carbonyl (C=O) groups is 3. The molecule has 2 fully saturated rings. The number of benzene rings is 1. The number of para-hydroxylation sites is 1. The number of ether oxygens (including phenoxy) is 1. The standard InChI is InChI=1S/C18H22N2O4/c19-18(23)14-3-1-2-4-15(14)20-16(21)10-24-17(22)9-13-8-11-5-6-12(13)7-11/h1-4,11-13H,5-10H2,(H2,19,23)(H,20,21)/t11-,12-,13+/m1/s1. The maximum absolute atomic E-state index is 11.9. The van der Waals surface area contributed by atoms with Crippen molar-refractivity contribution < 1.29 is 19.1 Å². The van der Waals surface area contributed by atoms with Crippen LogP contribution in [0, 0.1) is 17.8 Å². The van der Waals surface area contributed by atoms with Crippen LogP contribution < -0.4 is 11.1 Å². The van der Waals surface area contributed by atoms with E-state index < -0.39 is 11.8 Å². The van der Waals surface area contributed by atoms with E-state index in [2.05, 4.69) is 5.32 Å². The van der Waals surface area contributed by atoms with Gasteiger partial charge < -0.3 is 15.8 Å². The van der Waals surface area contributed by atoms with Crippen LogP contribution in [0.15, 0.2) is 24.3 Å². The molecular weight excluding hydrogens is 308 g/mol. The van der Waals surface area contributed by atoms with Crippen LogP contribution in [0.5, 0.6) is 0 Å². The lowest BCUT2D eigenvalue weighted by molar-refractivity contribution is -0.148. The van der Waals surface area contributed by atoms with Gasteiger partial charge in [0.15, 0.2) is 6.61 Å². The highest BCUT2D eigenvalue weighted by atomic mass is 16.5. The number of primary amides is 1. The summed E-state index contributed by atoms with van der Waals surface area (Å²) in [6.45, 7) is -0.354. The molecule has 0 unspecified atom stereocenters. The summed E-state index contributed by atoms with van der Waals surface area (Å²) in [5.41, 5.74) is 5.80. The number of hydrogen-bond donors (Lipinski definition) is 2. The van der Waals surface area contributed by atoms with Crippen LogP contribution in [0.3, 0.4) is 0 Å². The number of rotatable bonds is 6. The Balaban J connectivity index is 1.46. The molecule has 2 aliphatic carbocycles. The van der Waals surface area contributed by atoms with Crippen LogP contribution in [0.25, 0.3) is 0 Å². The maximum Gasteiger partial charge on any atom is 0.306 e. The van der Waals surface area contributed by atoms with Crippen molar-refractivity contribution in [3.05, 3.63) is 29.8 Å². The number of carbonyl (C=O) groups excluding carboxylic acids is 3. The Morgan fingerprint density at radius 3 is 2.62 bits per heavy atom. The van der Waals surface area contributed by atoms with Gasteiger partial charge in [0, 0.05) is 6.42 Å². The fraction of sp³-hybridized carbons (Fsp3) is 0.500. The molecule has 1 aromatic carbocycles. The topological polar surface area (TPSA) is 98.5 Å². The molecule has 6 nitrogen and oxygen atoms in total. The van der Waals surface area contributed by atoms with Crippen LogP contribution in [0.4, 0.5) is 5.69 Å². The zero-order valence-corrected chi connectivity index (χ0v) is 13.5. The molecule has 3 rings (SSSR count). The molecule has 3 atom stereocenters. The van der Waals surface area contributed by atoms with Crippen molar-refractivity contribution in [1.29, 1.82) is 0 Å². The van der Waals surface area contributed by atoms with Gasteiger partial charge in [-0.25, -0.2) is 0 Å². The van der Waals surface area contributed by atoms with Crippen molar-refractivity contribution in [3.63, 3.8) is 0 Å². The summed E-state index contributed by atoms with van der Waals surface area (Å²) in [6, 6.07) is 6.45. The quantitative estimate of drug-likeness (QED) is 0.780. The van der Waals surface area contributed by atoms with Gasteiger partial charge in [-0.1, -0.05) is 18.6 Å². The van der Waals surface area contributed by atoms with E-state index in [1.807, 2.05) is 0 Å². The molecule has 0 radical (unpaired) electrons. The Kier molecular flexibility index (Phi) is 4.83. The van der Waals surface area contributed by atoms with E-state index in [1.54, 1.807) is 18.2 Å². The van der Waals surface area contributed by atoms with Crippen molar-refractivity contribution in [3.8, 4) is 0 Å². The number of amides is 2. The van der Waals surface area contributed by atoms with E-state index in [4.69, 9.17) is 10.5 Å². The highest BCUT2D eigenvalue weighted by Crippen LogP contribution is 2.49. The number of hydrogen-bond acceptors (Lipinski definition) is 4. The Hall–Kier alpha value is -2.37. The Bertz CT molecular complexity index is 658. The Morgan fingerprint density at radius 2 is 1.96 bits per heavy atom. The largest absolute Gasteiger partial charge is 0.456 e. The Morgan fingerprint density at radius 1 is 1.17 bits per heavy atom. The second-order valence-corrected chi connectivity index (χ2v) is 6.76. The average Bonchev–Trinajstić information content (AvgIpc) is 3.16. The van der Waals surface area contributed by atoms with Gasteiger partial charge in [-0.2, -0.15) is 0 Å². The molecule has 6 heteroatoms. The van der Waals surface area contributed by atoms with Gasteiger partial charge in [0.05, 0.1) is 11.3 Å². The molecular formula is C18H22N2O4. The average molecular weight is 330 g/mol. The molecule has 128 valence electrons. The summed E-state index contributed by atoms with van der Waals surface area (Å²) in [5, 5.41) is 2.55. The monoisotopic (exact) mass is 330 g/mol. The predicted octanol–water partition coefficient (Wildman–Crippen LogP) is 2.09. The van der Waals surface area contributed by atoms with E-state index in [-0.39, 0.29) is 18.1 Å². The van der Waals surface area contributed by atoms with Crippen LogP contribution in [-0.2, 0) is 14.3 Å². The summed E-state index contributed by atoms with van der Waals surface area (Å²) in [4.78, 5) is 35.2. The molecule has 0 saturated heterocycles. The van der Waals surface area contributed by atoms with E-state index in [0.29, 0.717) is 23.9 Å². The normalized spacial score (nSPS) is 24.6. The molecule has 0 aliphatic heterocycles. The number of esters is 1. The molecule has 0 heterocycles. The van der Waals surface area contributed by atoms with Gasteiger partial charge in [0.1, 0.15) is 0 Å². The van der Waals surface area contributed by atoms with Crippen LogP contribution in [-0.4, -0.2) is 24.4 Å². The summed E-state index contributed by atoms with van der Waals surface area (Å²) in [7, 11) is 0. The SMILES string of the molecule is NC(=O)c1ccccc1NC(=O)COC(=O)C[C@@H]1C[C@@H]2CC[C@@H]1C2. The lowest BCUT2D eigenvalue weighted by atomic mass is 9.86. The molecule has 2 aliphatic rings. The second-order valence-electron chi connectivity index (χ2n) is 6.76. The Labute approximate surface area is 140 Å². The summed E-state index contributed by atoms with van der Waals surface area (Å²) < 4.78 is 5.08. The predicted molar refractivity (Wildman–Crippen MR) is 88.1 cm³/mol. The fourth-order valence-corrected chi connectivity index (χ4v) is 4.04. The van der Waals surface area contributed by atoms with E-state index in [1.165, 1.54) is 25.3 Å². The molecule has 3 N–H and O–H groups in total. The third-order valence-electron chi connectivity index (χ3n) is 5.14. The van der Waals surface area contributed by atoms with Gasteiger partial charge in [-0.15, -0.1) is 0 Å². The summed E-state index contributed by atoms with van der Waals surface area (Å²) >= 11 is 0. The fourth-order valence-electron chi connectivity index (χ4n) is 4.04. The van der Waals surface area contributed by atoms with Crippen molar-refractivity contribution in [2.75, 3.05) is 11.9 Å². The minimum atomic E-state index is -0.626. The first-order valence-electron chi connectivity index (χ1n) is 8.37. The highest BCUT2D eigenvalue weighted by Gasteiger charge is 2.40. The highest BCUT2D eigenvalue weighted by molar-refractivity contribution is 6.03. The van der Waals surface area contributed by atoms with Crippen LogP contribution >= 0.6 is 0 Å². The van der Waals surface area contributed by atoms with E-state index in [9.17, 15) is 14.4 Å². The van der Waals surface area contributed by atoms with Gasteiger partial charge >= 0.3 is 5.97 Å². The zero-order valence-electron chi connectivity index (χ0n) is 13.5. The molecule has 2 saturated carbocycles. The van der Waals surface area contributed by atoms with E-state index >= 15 is 0 Å². The number of anilines is 1. The minimum Gasteiger partial charge on any atom is -0.456 e. The van der Waals surface area contributed by atoms with Crippen LogP contribution in [0.1, 0.15) is 42.5 Å². The second kappa shape index (κ2) is 7.03. The maximum atomic E-state index is 11.9. The number of nitrogens with two attached hydrogens (primary N) is 1. The first-order chi connectivity index (χ1) is 11.5. The lowest BCUT2D eigenvalue weighted by Crippen LogP contribution is -2.24. The van der Waals surface area contributed by atoms with Crippen LogP contribution in [0.2, 0.25) is 0 Å². The molecule has 1 aromatic rings. The molecule has 24 heavy (non-hydrogen) atoms. The molecule has 0 aromatic heterocycles. The zero-order chi connectivity index (χ0) is 17.1. The first-order valence-corrected chi connectivity index (χ1v) is 8.37.